The van der Waals surface area contributed by atoms with E-state index in [-0.39, 0.29) is 41.2 Å². The van der Waals surface area contributed by atoms with Crippen LogP contribution in [-0.4, -0.2) is 59.0 Å². The summed E-state index contributed by atoms with van der Waals surface area (Å²) in [5, 5.41) is 3.21. The first-order valence-electron chi connectivity index (χ1n) is 15.4. The summed E-state index contributed by atoms with van der Waals surface area (Å²) in [4.78, 5) is 44.7. The Bertz CT molecular complexity index is 1280. The highest BCUT2D eigenvalue weighted by molar-refractivity contribution is 5.99. The first kappa shape index (κ1) is 31.6. The highest BCUT2D eigenvalue weighted by Crippen LogP contribution is 2.37. The van der Waals surface area contributed by atoms with Crippen molar-refractivity contribution < 1.29 is 19.1 Å². The Morgan fingerprint density at radius 3 is 2.07 bits per heavy atom. The first-order valence-corrected chi connectivity index (χ1v) is 15.4. The number of aryl methyl sites for hydroxylation is 2. The first-order chi connectivity index (χ1) is 19.7. The normalized spacial score (nSPS) is 20.3. The molecule has 0 aromatic heterocycles. The SMILES string of the molecule is Cc1cccc(C)c1C(=O)N1CCCC(C(=O)Nc2cccc(C(C)(C)C)c2)C1C1CCN(C(=O)OC(C)(C)C)CC1. The molecule has 42 heavy (non-hydrogen) atoms. The van der Waals surface area contributed by atoms with Gasteiger partial charge in [0.15, 0.2) is 0 Å². The smallest absolute Gasteiger partial charge is 0.410 e. The number of carbonyl (C=O) groups excluding carboxylic acids is 3. The number of benzene rings is 2. The lowest BCUT2D eigenvalue weighted by Gasteiger charge is -2.47. The number of hydrogen-bond donors (Lipinski definition) is 1. The zero-order valence-corrected chi connectivity index (χ0v) is 26.8. The third-order valence-electron chi connectivity index (χ3n) is 8.65. The van der Waals surface area contributed by atoms with Crippen LogP contribution >= 0.6 is 0 Å². The van der Waals surface area contributed by atoms with E-state index >= 15 is 0 Å². The van der Waals surface area contributed by atoms with Crippen molar-refractivity contribution in [3.8, 4) is 0 Å². The average Bonchev–Trinajstić information content (AvgIpc) is 2.91. The van der Waals surface area contributed by atoms with Crippen molar-refractivity contribution in [3.05, 3.63) is 64.7 Å². The van der Waals surface area contributed by atoms with Crippen LogP contribution in [0.15, 0.2) is 42.5 Å². The maximum Gasteiger partial charge on any atom is 0.410 e. The van der Waals surface area contributed by atoms with E-state index in [0.29, 0.717) is 32.5 Å². The number of anilines is 1. The van der Waals surface area contributed by atoms with Crippen LogP contribution in [0, 0.1) is 25.7 Å². The highest BCUT2D eigenvalue weighted by atomic mass is 16.6. The van der Waals surface area contributed by atoms with Crippen molar-refractivity contribution in [2.24, 2.45) is 11.8 Å². The van der Waals surface area contributed by atoms with Crippen LogP contribution in [0.4, 0.5) is 10.5 Å². The molecular weight excluding hydrogens is 526 g/mol. The molecule has 228 valence electrons. The van der Waals surface area contributed by atoms with Crippen LogP contribution in [0.2, 0.25) is 0 Å². The predicted octanol–water partition coefficient (Wildman–Crippen LogP) is 7.11. The summed E-state index contributed by atoms with van der Waals surface area (Å²) < 4.78 is 5.62. The molecular formula is C35H49N3O4. The minimum absolute atomic E-state index is 0.00241. The number of hydrogen-bond acceptors (Lipinski definition) is 4. The fourth-order valence-corrected chi connectivity index (χ4v) is 6.47. The Morgan fingerprint density at radius 1 is 0.857 bits per heavy atom. The Balaban J connectivity index is 1.62. The second kappa shape index (κ2) is 12.5. The molecule has 2 aromatic carbocycles. The van der Waals surface area contributed by atoms with Gasteiger partial charge in [0.25, 0.3) is 5.91 Å². The number of nitrogens with one attached hydrogen (secondary N) is 1. The van der Waals surface area contributed by atoms with E-state index in [0.717, 1.165) is 40.8 Å². The third kappa shape index (κ3) is 7.34. The number of rotatable bonds is 4. The molecule has 2 saturated heterocycles. The lowest BCUT2D eigenvalue weighted by Crippen LogP contribution is -2.57. The van der Waals surface area contributed by atoms with Crippen molar-refractivity contribution >= 4 is 23.6 Å². The molecule has 0 saturated carbocycles. The molecule has 0 aliphatic carbocycles. The average molecular weight is 576 g/mol. The van der Waals surface area contributed by atoms with Gasteiger partial charge in [0.1, 0.15) is 5.60 Å². The Hall–Kier alpha value is -3.35. The molecule has 7 heteroatoms. The summed E-state index contributed by atoms with van der Waals surface area (Å²) in [5.74, 6) is -0.297. The van der Waals surface area contributed by atoms with E-state index in [1.807, 2.05) is 69.9 Å². The van der Waals surface area contributed by atoms with Crippen molar-refractivity contribution in [1.29, 1.82) is 0 Å². The van der Waals surface area contributed by atoms with Gasteiger partial charge in [-0.25, -0.2) is 4.79 Å². The minimum atomic E-state index is -0.556. The van der Waals surface area contributed by atoms with Gasteiger partial charge in [0, 0.05) is 36.9 Å². The van der Waals surface area contributed by atoms with Gasteiger partial charge >= 0.3 is 6.09 Å². The van der Waals surface area contributed by atoms with Crippen LogP contribution in [0.25, 0.3) is 0 Å². The Kier molecular flexibility index (Phi) is 9.39. The third-order valence-corrected chi connectivity index (χ3v) is 8.65. The van der Waals surface area contributed by atoms with Crippen molar-refractivity contribution in [3.63, 3.8) is 0 Å². The Labute approximate surface area is 252 Å². The highest BCUT2D eigenvalue weighted by Gasteiger charge is 2.44. The van der Waals surface area contributed by atoms with Gasteiger partial charge in [-0.1, -0.05) is 51.1 Å². The van der Waals surface area contributed by atoms with Crippen LogP contribution in [0.3, 0.4) is 0 Å². The van der Waals surface area contributed by atoms with Crippen LogP contribution < -0.4 is 5.32 Å². The molecule has 4 rings (SSSR count). The van der Waals surface area contributed by atoms with Crippen LogP contribution in [-0.2, 0) is 14.9 Å². The zero-order valence-electron chi connectivity index (χ0n) is 26.8. The molecule has 3 amide bonds. The van der Waals surface area contributed by atoms with E-state index in [9.17, 15) is 14.4 Å². The summed E-state index contributed by atoms with van der Waals surface area (Å²) in [7, 11) is 0. The van der Waals surface area contributed by atoms with E-state index in [2.05, 4.69) is 38.2 Å². The summed E-state index contributed by atoms with van der Waals surface area (Å²) in [5.41, 5.74) is 3.97. The fraction of sp³-hybridized carbons (Fsp3) is 0.571. The van der Waals surface area contributed by atoms with Gasteiger partial charge < -0.3 is 19.9 Å². The molecule has 1 N–H and O–H groups in total. The second-order valence-corrected chi connectivity index (χ2v) is 14.1. The van der Waals surface area contributed by atoms with E-state index in [1.54, 1.807) is 4.90 Å². The molecule has 0 spiro atoms. The molecule has 0 radical (unpaired) electrons. The van der Waals surface area contributed by atoms with Crippen LogP contribution in [0.5, 0.6) is 0 Å². The molecule has 0 bridgehead atoms. The number of ether oxygens (including phenoxy) is 1. The number of nitrogens with zero attached hydrogens (tertiary/aromatic N) is 2. The monoisotopic (exact) mass is 575 g/mol. The van der Waals surface area contributed by atoms with Crippen molar-refractivity contribution in [2.45, 2.75) is 98.1 Å². The molecule has 2 aromatic rings. The molecule has 7 nitrogen and oxygen atoms in total. The van der Waals surface area contributed by atoms with E-state index in [4.69, 9.17) is 4.74 Å². The van der Waals surface area contributed by atoms with Crippen molar-refractivity contribution in [2.75, 3.05) is 25.0 Å². The van der Waals surface area contributed by atoms with Gasteiger partial charge in [-0.2, -0.15) is 0 Å². The maximum atomic E-state index is 14.2. The molecule has 2 aliphatic rings. The van der Waals surface area contributed by atoms with Gasteiger partial charge in [-0.15, -0.1) is 0 Å². The van der Waals surface area contributed by atoms with Gasteiger partial charge in [-0.3, -0.25) is 9.59 Å². The molecule has 2 heterocycles. The maximum absolute atomic E-state index is 14.2. The van der Waals surface area contributed by atoms with Crippen molar-refractivity contribution in [1.82, 2.24) is 9.80 Å². The molecule has 2 fully saturated rings. The standard InChI is InChI=1S/C35H49N3O4/c1-23-12-9-13-24(2)29(23)32(40)38-19-11-16-28(31(39)36-27-15-10-14-26(22-27)34(3,4)5)30(38)25-17-20-37(21-18-25)33(41)42-35(6,7)8/h9-10,12-15,22,25,28,30H,11,16-21H2,1-8H3,(H,36,39). The molecule has 2 atom stereocenters. The molecule has 2 unspecified atom stereocenters. The second-order valence-electron chi connectivity index (χ2n) is 14.1. The van der Waals surface area contributed by atoms with E-state index < -0.39 is 5.60 Å². The fourth-order valence-electron chi connectivity index (χ4n) is 6.47. The van der Waals surface area contributed by atoms with E-state index in [1.165, 1.54) is 0 Å². The van der Waals surface area contributed by atoms with Gasteiger partial charge in [-0.05, 0) is 100 Å². The summed E-state index contributed by atoms with van der Waals surface area (Å²) >= 11 is 0. The largest absolute Gasteiger partial charge is 0.444 e. The number of carbonyl (C=O) groups is 3. The lowest BCUT2D eigenvalue weighted by atomic mass is 9.76. The quantitative estimate of drug-likeness (QED) is 0.422. The number of piperidine rings is 2. The zero-order chi connectivity index (χ0) is 30.8. The van der Waals surface area contributed by atoms with Gasteiger partial charge in [0.2, 0.25) is 5.91 Å². The van der Waals surface area contributed by atoms with Crippen LogP contribution in [0.1, 0.15) is 94.3 Å². The summed E-state index contributed by atoms with van der Waals surface area (Å²) in [6, 6.07) is 13.7. The topological polar surface area (TPSA) is 79.0 Å². The minimum Gasteiger partial charge on any atom is -0.444 e. The number of likely N-dealkylation sites (tertiary alicyclic amines) is 2. The summed E-state index contributed by atoms with van der Waals surface area (Å²) in [6.07, 6.45) is 2.61. The number of amides is 3. The molecule has 2 aliphatic heterocycles. The Morgan fingerprint density at radius 2 is 1.48 bits per heavy atom. The lowest BCUT2D eigenvalue weighted by molar-refractivity contribution is -0.124. The summed E-state index contributed by atoms with van der Waals surface area (Å²) in [6.45, 7) is 17.8. The van der Waals surface area contributed by atoms with Gasteiger partial charge in [0.05, 0.1) is 5.92 Å². The predicted molar refractivity (Wildman–Crippen MR) is 168 cm³/mol.